The minimum absolute atomic E-state index is 0. The molecule has 2 aliphatic rings. The van der Waals surface area contributed by atoms with Crippen molar-refractivity contribution >= 4 is 19.2 Å². The first kappa shape index (κ1) is 19.5. The average Bonchev–Trinajstić information content (AvgIpc) is 3.15. The number of hydrogen-bond donors (Lipinski definition) is 0. The van der Waals surface area contributed by atoms with Crippen molar-refractivity contribution in [1.82, 2.24) is 0 Å². The second-order valence-corrected chi connectivity index (χ2v) is 13.5. The molecule has 2 aliphatic carbocycles. The first-order chi connectivity index (χ1) is 11.9. The molecule has 0 N–H and O–H groups in total. The van der Waals surface area contributed by atoms with Crippen molar-refractivity contribution in [1.29, 1.82) is 0 Å². The van der Waals surface area contributed by atoms with Crippen LogP contribution in [0.2, 0.25) is 13.1 Å². The van der Waals surface area contributed by atoms with E-state index in [0.717, 1.165) is 0 Å². The van der Waals surface area contributed by atoms with Crippen LogP contribution >= 0.6 is 0 Å². The predicted octanol–water partition coefficient (Wildman–Crippen LogP) is 3.93. The van der Waals surface area contributed by atoms with Crippen molar-refractivity contribution < 1.29 is 20.3 Å². The van der Waals surface area contributed by atoms with E-state index in [9.17, 15) is 0 Å². The van der Waals surface area contributed by atoms with Crippen LogP contribution in [0.15, 0.2) is 60.7 Å². The van der Waals surface area contributed by atoms with E-state index in [-0.39, 0.29) is 20.3 Å². The van der Waals surface area contributed by atoms with E-state index in [1.165, 1.54) is 16.7 Å². The van der Waals surface area contributed by atoms with Crippen LogP contribution < -0.4 is 18.9 Å². The summed E-state index contributed by atoms with van der Waals surface area (Å²) in [5.41, 5.74) is 10.3. The summed E-state index contributed by atoms with van der Waals surface area (Å²) < 4.78 is 0. The number of fused-ring (bicyclic) bond motifs is 2. The molecular weight excluding hydrogens is 323 g/mol. The molecule has 130 valence electrons. The Bertz CT molecular complexity index is 895. The molecule has 2 atom stereocenters. The molecule has 0 fully saturated rings. The van der Waals surface area contributed by atoms with Crippen LogP contribution in [0.25, 0.3) is 11.1 Å². The van der Waals surface area contributed by atoms with Gasteiger partial charge in [-0.2, -0.15) is 0 Å². The summed E-state index contributed by atoms with van der Waals surface area (Å²) in [6, 6.07) is 18.2. The maximum absolute atomic E-state index is 2.62. The van der Waals surface area contributed by atoms with Gasteiger partial charge < -0.3 is 1.43 Å². The molecule has 2 aromatic carbocycles. The Morgan fingerprint density at radius 2 is 1.31 bits per heavy atom. The third kappa shape index (κ3) is 2.91. The van der Waals surface area contributed by atoms with Crippen molar-refractivity contribution in [3.63, 3.8) is 0 Å². The normalized spacial score (nSPS) is 21.0. The fourth-order valence-electron chi connectivity index (χ4n) is 4.88. The van der Waals surface area contributed by atoms with Crippen LogP contribution in [-0.2, 0) is 0 Å². The number of rotatable bonds is 3. The van der Waals surface area contributed by atoms with Crippen molar-refractivity contribution in [3.05, 3.63) is 82.9 Å². The molecule has 4 rings (SSSR count). The molecule has 0 heterocycles. The minimum Gasteiger partial charge on any atom is -1.00 e. The minimum atomic E-state index is -1.62. The monoisotopic (exact) mass is 352 g/mol. The van der Waals surface area contributed by atoms with Gasteiger partial charge in [-0.1, -0.05) is 87.6 Å². The van der Waals surface area contributed by atoms with E-state index in [0.29, 0.717) is 17.0 Å². The van der Waals surface area contributed by atoms with E-state index in [4.69, 9.17) is 0 Å². The molecule has 0 nitrogen and oxygen atoms in total. The Balaban J connectivity index is 0.00000131. The average molecular weight is 353 g/mol. The van der Waals surface area contributed by atoms with Crippen LogP contribution in [0.4, 0.5) is 0 Å². The molecular formula is C24H29LiSi. The second kappa shape index (κ2) is 7.04. The van der Waals surface area contributed by atoms with Crippen molar-refractivity contribution in [3.8, 4) is 0 Å². The Morgan fingerprint density at radius 1 is 0.808 bits per heavy atom. The topological polar surface area (TPSA) is 0 Å². The second-order valence-electron chi connectivity index (χ2n) is 8.58. The van der Waals surface area contributed by atoms with Gasteiger partial charge in [0.2, 0.25) is 0 Å². The van der Waals surface area contributed by atoms with Crippen LogP contribution in [0.3, 0.4) is 0 Å². The summed E-state index contributed by atoms with van der Waals surface area (Å²) in [4.78, 5) is 0. The van der Waals surface area contributed by atoms with E-state index < -0.39 is 8.07 Å². The van der Waals surface area contributed by atoms with Crippen LogP contribution in [0, 0.1) is 5.92 Å². The Labute approximate surface area is 173 Å². The molecule has 0 saturated carbocycles. The van der Waals surface area contributed by atoms with Gasteiger partial charge in [-0.3, -0.25) is 0 Å². The molecule has 2 heteroatoms. The quantitative estimate of drug-likeness (QED) is 0.735. The number of hydrogen-bond acceptors (Lipinski definition) is 0. The van der Waals surface area contributed by atoms with Crippen molar-refractivity contribution in [2.24, 2.45) is 5.92 Å². The third-order valence-corrected chi connectivity index (χ3v) is 10.5. The fourth-order valence-corrected chi connectivity index (χ4v) is 8.66. The van der Waals surface area contributed by atoms with Crippen molar-refractivity contribution in [2.75, 3.05) is 0 Å². The van der Waals surface area contributed by atoms with Gasteiger partial charge in [-0.15, -0.1) is 0 Å². The van der Waals surface area contributed by atoms with Crippen LogP contribution in [-0.4, -0.2) is 8.07 Å². The molecule has 0 radical (unpaired) electrons. The SMILES string of the molecule is CC1=CC([Si](C)(C)C2C=C(C(C)C)c3ccccc32)c2ccccc21.[H-].[Li+]. The van der Waals surface area contributed by atoms with Gasteiger partial charge in [0.1, 0.15) is 0 Å². The summed E-state index contributed by atoms with van der Waals surface area (Å²) in [5, 5.41) is 0. The van der Waals surface area contributed by atoms with Crippen LogP contribution in [0.5, 0.6) is 0 Å². The third-order valence-electron chi connectivity index (χ3n) is 6.32. The smallest absolute Gasteiger partial charge is 1.00 e. The number of benzene rings is 2. The molecule has 2 unspecified atom stereocenters. The van der Waals surface area contributed by atoms with Gasteiger partial charge in [-0.25, -0.2) is 0 Å². The summed E-state index contributed by atoms with van der Waals surface area (Å²) in [5.74, 6) is 0.587. The summed E-state index contributed by atoms with van der Waals surface area (Å²) >= 11 is 0. The van der Waals surface area contributed by atoms with Gasteiger partial charge in [-0.05, 0) is 57.3 Å². The van der Waals surface area contributed by atoms with E-state index in [2.05, 4.69) is 94.5 Å². The molecule has 26 heavy (non-hydrogen) atoms. The molecule has 0 spiro atoms. The maximum atomic E-state index is 2.62. The Kier molecular flexibility index (Phi) is 5.28. The van der Waals surface area contributed by atoms with Gasteiger partial charge in [0, 0.05) is 0 Å². The largest absolute Gasteiger partial charge is 1.00 e. The van der Waals surface area contributed by atoms with Gasteiger partial charge >= 0.3 is 18.9 Å². The zero-order valence-corrected chi connectivity index (χ0v) is 18.0. The molecule has 2 aromatic rings. The Morgan fingerprint density at radius 3 is 1.92 bits per heavy atom. The summed E-state index contributed by atoms with van der Waals surface area (Å²) in [6.07, 6.45) is 5.17. The zero-order valence-electron chi connectivity index (χ0n) is 18.0. The van der Waals surface area contributed by atoms with Gasteiger partial charge in [0.05, 0.1) is 8.07 Å². The standard InChI is InChI=1S/C24H28Si.Li.H/c1-16(2)22-15-24(21-13-9-7-11-19(21)22)25(4,5)23-14-17(3)18-10-6-8-12-20(18)23;;/h6-16,23-24H,1-5H3;;/q;+1;-1. The Hall–Kier alpha value is -1.27. The number of allylic oxidation sites excluding steroid dienone is 4. The predicted molar refractivity (Wildman–Crippen MR) is 113 cm³/mol. The molecule has 0 bridgehead atoms. The van der Waals surface area contributed by atoms with Crippen molar-refractivity contribution in [2.45, 2.75) is 44.9 Å². The molecule has 0 amide bonds. The van der Waals surface area contributed by atoms with Crippen LogP contribution in [0.1, 0.15) is 55.5 Å². The van der Waals surface area contributed by atoms with Gasteiger partial charge in [0.25, 0.3) is 0 Å². The molecule has 0 aliphatic heterocycles. The zero-order chi connectivity index (χ0) is 17.8. The molecule has 0 aromatic heterocycles. The van der Waals surface area contributed by atoms with E-state index >= 15 is 0 Å². The summed E-state index contributed by atoms with van der Waals surface area (Å²) in [7, 11) is -1.62. The fraction of sp³-hybridized carbons (Fsp3) is 0.333. The summed E-state index contributed by atoms with van der Waals surface area (Å²) in [6.45, 7) is 12.1. The van der Waals surface area contributed by atoms with Gasteiger partial charge in [0.15, 0.2) is 0 Å². The molecule has 0 saturated heterocycles. The van der Waals surface area contributed by atoms with E-state index in [1.54, 1.807) is 16.7 Å². The maximum Gasteiger partial charge on any atom is 1.00 e. The van der Waals surface area contributed by atoms with E-state index in [1.807, 2.05) is 0 Å². The first-order valence-corrected chi connectivity index (χ1v) is 12.7. The first-order valence-electron chi connectivity index (χ1n) is 9.50.